The highest BCUT2D eigenvalue weighted by Crippen LogP contribution is 2.39. The van der Waals surface area contributed by atoms with Gasteiger partial charge in [-0.25, -0.2) is 4.39 Å². The molecule has 3 heterocycles. The van der Waals surface area contributed by atoms with E-state index < -0.39 is 0 Å². The molecule has 6 nitrogen and oxygen atoms in total. The average molecular weight is 492 g/mol. The Bertz CT molecular complexity index is 1200. The van der Waals surface area contributed by atoms with Crippen molar-refractivity contribution in [3.63, 3.8) is 0 Å². The first-order valence-corrected chi connectivity index (χ1v) is 12.4. The number of carbonyl (C=O) groups is 1. The van der Waals surface area contributed by atoms with Gasteiger partial charge in [-0.15, -0.1) is 0 Å². The molecular weight excluding hydrogens is 457 g/mol. The number of hydrogen-bond donors (Lipinski definition) is 0. The number of hydrogen-bond acceptors (Lipinski definition) is 6. The van der Waals surface area contributed by atoms with Gasteiger partial charge in [0.2, 0.25) is 0 Å². The molecule has 0 spiro atoms. The lowest BCUT2D eigenvalue weighted by Crippen LogP contribution is -2.38. The number of carbonyl (C=O) groups excluding carboxylic acids is 1. The van der Waals surface area contributed by atoms with Crippen molar-refractivity contribution in [1.82, 2.24) is 9.97 Å². The molecule has 0 radical (unpaired) electrons. The summed E-state index contributed by atoms with van der Waals surface area (Å²) in [5.41, 5.74) is 5.70. The van der Waals surface area contributed by atoms with Gasteiger partial charge in [-0.05, 0) is 68.0 Å². The van der Waals surface area contributed by atoms with Crippen molar-refractivity contribution in [3.05, 3.63) is 65.4 Å². The van der Waals surface area contributed by atoms with E-state index in [0.717, 1.165) is 66.0 Å². The average Bonchev–Trinajstić information content (AvgIpc) is 2.85. The van der Waals surface area contributed by atoms with Gasteiger partial charge in [-0.3, -0.25) is 9.97 Å². The predicted octanol–water partition coefficient (Wildman–Crippen LogP) is 5.73. The van der Waals surface area contributed by atoms with Gasteiger partial charge in [0.15, 0.2) is 0 Å². The van der Waals surface area contributed by atoms with E-state index in [1.165, 1.54) is 12.1 Å². The Kier molecular flexibility index (Phi) is 7.87. The van der Waals surface area contributed by atoms with Crippen molar-refractivity contribution >= 4 is 12.0 Å². The van der Waals surface area contributed by atoms with Gasteiger partial charge in [0.05, 0.1) is 17.6 Å². The number of rotatable bonds is 9. The lowest BCUT2D eigenvalue weighted by Gasteiger charge is -2.40. The van der Waals surface area contributed by atoms with Crippen LogP contribution in [0.5, 0.6) is 11.5 Å². The van der Waals surface area contributed by atoms with E-state index in [-0.39, 0.29) is 5.82 Å². The van der Waals surface area contributed by atoms with Crippen LogP contribution < -0.4 is 14.4 Å². The zero-order chi connectivity index (χ0) is 25.7. The number of piperidine rings is 1. The normalized spacial score (nSPS) is 15.0. The number of aryl methyl sites for hydroxylation is 2. The Labute approximate surface area is 212 Å². The molecular formula is C29H34FN3O3. The van der Waals surface area contributed by atoms with E-state index in [0.29, 0.717) is 36.5 Å². The second kappa shape index (κ2) is 11.1. The molecule has 7 heteroatoms. The monoisotopic (exact) mass is 491 g/mol. The Hall–Kier alpha value is -3.48. The van der Waals surface area contributed by atoms with Crippen LogP contribution in [0.15, 0.2) is 42.7 Å². The molecule has 2 aromatic heterocycles. The molecule has 1 fully saturated rings. The third kappa shape index (κ3) is 6.01. The number of ether oxygens (including phenoxy) is 2. The van der Waals surface area contributed by atoms with Gasteiger partial charge < -0.3 is 19.2 Å². The van der Waals surface area contributed by atoms with Crippen LogP contribution in [-0.2, 0) is 11.2 Å². The predicted molar refractivity (Wildman–Crippen MR) is 139 cm³/mol. The van der Waals surface area contributed by atoms with Crippen molar-refractivity contribution in [2.45, 2.75) is 47.0 Å². The quantitative estimate of drug-likeness (QED) is 0.282. The summed E-state index contributed by atoms with van der Waals surface area (Å²) in [7, 11) is 0. The minimum atomic E-state index is -0.281. The summed E-state index contributed by atoms with van der Waals surface area (Å²) in [6, 6.07) is 8.25. The van der Waals surface area contributed by atoms with Crippen LogP contribution in [0.4, 0.5) is 10.1 Å². The van der Waals surface area contributed by atoms with Crippen LogP contribution >= 0.6 is 0 Å². The number of nitrogens with zero attached hydrogens (tertiary/aromatic N) is 3. The zero-order valence-electron chi connectivity index (χ0n) is 21.5. The first-order chi connectivity index (χ1) is 17.3. The van der Waals surface area contributed by atoms with E-state index in [2.05, 4.69) is 28.7 Å². The number of aldehydes is 1. The maximum absolute atomic E-state index is 13.2. The van der Waals surface area contributed by atoms with Crippen molar-refractivity contribution in [2.75, 3.05) is 31.2 Å². The van der Waals surface area contributed by atoms with E-state index in [9.17, 15) is 9.18 Å². The highest BCUT2D eigenvalue weighted by Gasteiger charge is 2.29. The fourth-order valence-corrected chi connectivity index (χ4v) is 4.56. The summed E-state index contributed by atoms with van der Waals surface area (Å²) < 4.78 is 24.7. The van der Waals surface area contributed by atoms with Crippen LogP contribution in [0.3, 0.4) is 0 Å². The molecule has 0 atom stereocenters. The Morgan fingerprint density at radius 3 is 2.44 bits per heavy atom. The van der Waals surface area contributed by atoms with Crippen LogP contribution in [0, 0.1) is 25.1 Å². The molecule has 0 unspecified atom stereocenters. The molecule has 0 N–H and O–H groups in total. The second-order valence-corrected chi connectivity index (χ2v) is 10.1. The highest BCUT2D eigenvalue weighted by atomic mass is 19.1. The minimum absolute atomic E-state index is 0.281. The Morgan fingerprint density at radius 1 is 1.03 bits per heavy atom. The lowest BCUT2D eigenvalue weighted by atomic mass is 9.82. The molecule has 4 rings (SSSR count). The molecule has 190 valence electrons. The fraction of sp³-hybridized carbons (Fsp3) is 0.414. The molecule has 1 saturated heterocycles. The minimum Gasteiger partial charge on any atom is -0.490 e. The third-order valence-electron chi connectivity index (χ3n) is 6.84. The largest absolute Gasteiger partial charge is 0.490 e. The maximum Gasteiger partial charge on any atom is 0.137 e. The van der Waals surface area contributed by atoms with Gasteiger partial charge in [-0.1, -0.05) is 13.8 Å². The topological polar surface area (TPSA) is 64.6 Å². The first kappa shape index (κ1) is 25.6. The summed E-state index contributed by atoms with van der Waals surface area (Å²) in [4.78, 5) is 23.1. The van der Waals surface area contributed by atoms with Gasteiger partial charge in [0, 0.05) is 42.5 Å². The standard InChI is InChI=1S/C29H34FN3O3/c1-20-17-22(30)5-8-27(20)36-16-15-35-23-6-7-26(32-18-23)25-19-31-21(2)24(9-14-34)28(25)33-12-10-29(3,4)11-13-33/h5-8,14,17-19H,9-13,15-16H2,1-4H3. The van der Waals surface area contributed by atoms with Crippen molar-refractivity contribution in [2.24, 2.45) is 5.41 Å². The molecule has 0 amide bonds. The third-order valence-corrected chi connectivity index (χ3v) is 6.84. The SMILES string of the molecule is Cc1cc(F)ccc1OCCOc1ccc(-c2cnc(C)c(CC=O)c2N2CCC(C)(C)CC2)nc1. The molecule has 3 aromatic rings. The van der Waals surface area contributed by atoms with E-state index in [4.69, 9.17) is 9.47 Å². The molecule has 0 bridgehead atoms. The number of pyridine rings is 2. The van der Waals surface area contributed by atoms with Gasteiger partial charge in [-0.2, -0.15) is 0 Å². The number of benzene rings is 1. The van der Waals surface area contributed by atoms with Crippen molar-refractivity contribution in [1.29, 1.82) is 0 Å². The smallest absolute Gasteiger partial charge is 0.137 e. The highest BCUT2D eigenvalue weighted by molar-refractivity contribution is 5.81. The van der Waals surface area contributed by atoms with Crippen LogP contribution in [0.2, 0.25) is 0 Å². The first-order valence-electron chi connectivity index (χ1n) is 12.4. The fourth-order valence-electron chi connectivity index (χ4n) is 4.56. The van der Waals surface area contributed by atoms with E-state index in [1.54, 1.807) is 19.2 Å². The number of aromatic nitrogens is 2. The lowest BCUT2D eigenvalue weighted by molar-refractivity contribution is -0.107. The number of halogens is 1. The molecule has 0 saturated carbocycles. The van der Waals surface area contributed by atoms with E-state index in [1.807, 2.05) is 25.3 Å². The summed E-state index contributed by atoms with van der Waals surface area (Å²) in [5.74, 6) is 0.990. The maximum atomic E-state index is 13.2. The van der Waals surface area contributed by atoms with Gasteiger partial charge >= 0.3 is 0 Å². The summed E-state index contributed by atoms with van der Waals surface area (Å²) in [6.07, 6.45) is 7.02. The molecule has 1 aliphatic heterocycles. The second-order valence-electron chi connectivity index (χ2n) is 10.1. The number of anilines is 1. The molecule has 1 aromatic carbocycles. The van der Waals surface area contributed by atoms with E-state index >= 15 is 0 Å². The van der Waals surface area contributed by atoms with Crippen LogP contribution in [0.25, 0.3) is 11.3 Å². The van der Waals surface area contributed by atoms with Gasteiger partial charge in [0.25, 0.3) is 0 Å². The van der Waals surface area contributed by atoms with Crippen LogP contribution in [0.1, 0.15) is 43.5 Å². The summed E-state index contributed by atoms with van der Waals surface area (Å²) in [5, 5.41) is 0. The Morgan fingerprint density at radius 2 is 1.78 bits per heavy atom. The molecule has 1 aliphatic rings. The van der Waals surface area contributed by atoms with Gasteiger partial charge in [0.1, 0.15) is 36.8 Å². The summed E-state index contributed by atoms with van der Waals surface area (Å²) >= 11 is 0. The zero-order valence-corrected chi connectivity index (χ0v) is 21.5. The summed E-state index contributed by atoms with van der Waals surface area (Å²) in [6.45, 7) is 10.9. The van der Waals surface area contributed by atoms with Crippen molar-refractivity contribution < 1.29 is 18.7 Å². The Balaban J connectivity index is 1.48. The van der Waals surface area contributed by atoms with Crippen molar-refractivity contribution in [3.8, 4) is 22.8 Å². The molecule has 36 heavy (non-hydrogen) atoms. The molecule has 0 aliphatic carbocycles. The van der Waals surface area contributed by atoms with Crippen LogP contribution in [-0.4, -0.2) is 42.6 Å².